The van der Waals surface area contributed by atoms with Crippen LogP contribution in [0, 0.1) is 0 Å². The monoisotopic (exact) mass is 214 g/mol. The zero-order valence-electron chi connectivity index (χ0n) is 8.42. The predicted octanol–water partition coefficient (Wildman–Crippen LogP) is 2.84. The summed E-state index contributed by atoms with van der Waals surface area (Å²) in [6, 6.07) is 13.1. The largest absolute Gasteiger partial charge is 0.465 e. The van der Waals surface area contributed by atoms with E-state index in [0.717, 1.165) is 11.1 Å². The fraction of sp³-hybridized carbons (Fsp3) is 0. The van der Waals surface area contributed by atoms with Crippen molar-refractivity contribution in [1.29, 1.82) is 0 Å². The summed E-state index contributed by atoms with van der Waals surface area (Å²) in [5.74, 6) is 0.348. The maximum atomic E-state index is 10.6. The molecular formula is C12H10N2O2. The summed E-state index contributed by atoms with van der Waals surface area (Å²) < 4.78 is 0. The fourth-order valence-corrected chi connectivity index (χ4v) is 1.46. The Morgan fingerprint density at radius 3 is 2.56 bits per heavy atom. The molecule has 0 aliphatic rings. The molecule has 0 spiro atoms. The highest BCUT2D eigenvalue weighted by Gasteiger charge is 2.07. The minimum Gasteiger partial charge on any atom is -0.465 e. The third kappa shape index (κ3) is 2.17. The first-order valence-corrected chi connectivity index (χ1v) is 4.78. The van der Waals surface area contributed by atoms with Crippen LogP contribution in [-0.4, -0.2) is 16.2 Å². The van der Waals surface area contributed by atoms with Gasteiger partial charge in [-0.15, -0.1) is 0 Å². The smallest absolute Gasteiger partial charge is 0.410 e. The summed E-state index contributed by atoms with van der Waals surface area (Å²) in [5.41, 5.74) is 1.70. The fourth-order valence-electron chi connectivity index (χ4n) is 1.46. The van der Waals surface area contributed by atoms with Crippen molar-refractivity contribution < 1.29 is 9.90 Å². The van der Waals surface area contributed by atoms with E-state index in [1.54, 1.807) is 12.3 Å². The Bertz CT molecular complexity index is 497. The first-order chi connectivity index (χ1) is 7.77. The minimum absolute atomic E-state index is 0.348. The lowest BCUT2D eigenvalue weighted by atomic mass is 10.1. The van der Waals surface area contributed by atoms with Gasteiger partial charge in [0.05, 0.1) is 0 Å². The second-order valence-electron chi connectivity index (χ2n) is 3.20. The van der Waals surface area contributed by atoms with Gasteiger partial charge in [0.15, 0.2) is 0 Å². The number of nitrogens with one attached hydrogen (secondary N) is 1. The number of pyridine rings is 1. The van der Waals surface area contributed by atoms with Crippen LogP contribution in [0.4, 0.5) is 10.6 Å². The molecule has 16 heavy (non-hydrogen) atoms. The minimum atomic E-state index is -1.11. The Hall–Kier alpha value is -2.36. The van der Waals surface area contributed by atoms with Crippen LogP contribution in [0.1, 0.15) is 0 Å². The molecule has 0 aliphatic carbocycles. The van der Waals surface area contributed by atoms with Crippen molar-refractivity contribution in [2.75, 3.05) is 5.32 Å². The molecule has 4 nitrogen and oxygen atoms in total. The van der Waals surface area contributed by atoms with Gasteiger partial charge < -0.3 is 5.11 Å². The van der Waals surface area contributed by atoms with Crippen molar-refractivity contribution in [1.82, 2.24) is 4.98 Å². The molecule has 2 aromatic rings. The van der Waals surface area contributed by atoms with Crippen LogP contribution in [0.5, 0.6) is 0 Å². The lowest BCUT2D eigenvalue weighted by molar-refractivity contribution is 0.209. The van der Waals surface area contributed by atoms with Crippen LogP contribution in [-0.2, 0) is 0 Å². The normalized spacial score (nSPS) is 9.75. The average molecular weight is 214 g/mol. The second kappa shape index (κ2) is 4.44. The maximum absolute atomic E-state index is 10.6. The van der Waals surface area contributed by atoms with Crippen molar-refractivity contribution in [3.05, 3.63) is 48.7 Å². The van der Waals surface area contributed by atoms with Gasteiger partial charge in [0, 0.05) is 11.8 Å². The number of anilines is 1. The van der Waals surface area contributed by atoms with Gasteiger partial charge in [0.2, 0.25) is 0 Å². The van der Waals surface area contributed by atoms with Crippen molar-refractivity contribution in [2.45, 2.75) is 0 Å². The van der Waals surface area contributed by atoms with Crippen LogP contribution in [0.3, 0.4) is 0 Å². The van der Waals surface area contributed by atoms with Crippen LogP contribution in [0.2, 0.25) is 0 Å². The molecule has 1 amide bonds. The number of aromatic nitrogens is 1. The molecule has 0 aliphatic heterocycles. The van der Waals surface area contributed by atoms with E-state index in [2.05, 4.69) is 10.3 Å². The van der Waals surface area contributed by atoms with Gasteiger partial charge in [0.25, 0.3) is 0 Å². The molecule has 1 aromatic carbocycles. The van der Waals surface area contributed by atoms with Gasteiger partial charge in [-0.3, -0.25) is 5.32 Å². The zero-order chi connectivity index (χ0) is 11.4. The summed E-state index contributed by atoms with van der Waals surface area (Å²) >= 11 is 0. The number of benzene rings is 1. The van der Waals surface area contributed by atoms with Gasteiger partial charge >= 0.3 is 6.09 Å². The number of carboxylic acid groups (broad SMARTS) is 1. The van der Waals surface area contributed by atoms with E-state index >= 15 is 0 Å². The summed E-state index contributed by atoms with van der Waals surface area (Å²) in [6.45, 7) is 0. The highest BCUT2D eigenvalue weighted by molar-refractivity contribution is 5.88. The Morgan fingerprint density at radius 2 is 1.88 bits per heavy atom. The maximum Gasteiger partial charge on any atom is 0.410 e. The predicted molar refractivity (Wildman–Crippen MR) is 61.3 cm³/mol. The molecule has 2 N–H and O–H groups in total. The molecule has 80 valence electrons. The topological polar surface area (TPSA) is 62.2 Å². The summed E-state index contributed by atoms with van der Waals surface area (Å²) in [7, 11) is 0. The van der Waals surface area contributed by atoms with Gasteiger partial charge in [-0.05, 0) is 17.7 Å². The van der Waals surface area contributed by atoms with E-state index in [0.29, 0.717) is 5.82 Å². The molecule has 0 fully saturated rings. The number of rotatable bonds is 2. The van der Waals surface area contributed by atoms with E-state index in [-0.39, 0.29) is 0 Å². The van der Waals surface area contributed by atoms with Crippen LogP contribution in [0.15, 0.2) is 48.7 Å². The molecule has 4 heteroatoms. The quantitative estimate of drug-likeness (QED) is 0.807. The van der Waals surface area contributed by atoms with Crippen LogP contribution < -0.4 is 5.32 Å². The molecule has 0 unspecified atom stereocenters. The van der Waals surface area contributed by atoms with Gasteiger partial charge in [0.1, 0.15) is 5.82 Å². The Kier molecular flexibility index (Phi) is 2.82. The summed E-state index contributed by atoms with van der Waals surface area (Å²) in [6.07, 6.45) is 0.438. The SMILES string of the molecule is O=C(O)Nc1ncccc1-c1ccccc1. The van der Waals surface area contributed by atoms with E-state index < -0.39 is 6.09 Å². The lowest BCUT2D eigenvalue weighted by Gasteiger charge is -2.07. The van der Waals surface area contributed by atoms with E-state index in [4.69, 9.17) is 5.11 Å². The number of amides is 1. The lowest BCUT2D eigenvalue weighted by Crippen LogP contribution is -2.09. The van der Waals surface area contributed by atoms with Crippen molar-refractivity contribution >= 4 is 11.9 Å². The summed E-state index contributed by atoms with van der Waals surface area (Å²) in [4.78, 5) is 14.6. The molecular weight excluding hydrogens is 204 g/mol. The van der Waals surface area contributed by atoms with Crippen LogP contribution >= 0.6 is 0 Å². The highest BCUT2D eigenvalue weighted by Crippen LogP contribution is 2.25. The Balaban J connectivity index is 2.44. The standard InChI is InChI=1S/C12H10N2O2/c15-12(16)14-11-10(7-4-8-13-11)9-5-2-1-3-6-9/h1-8H,(H,13,14)(H,15,16). The van der Waals surface area contributed by atoms with Crippen molar-refractivity contribution in [3.8, 4) is 11.1 Å². The molecule has 0 saturated carbocycles. The second-order valence-corrected chi connectivity index (χ2v) is 3.20. The third-order valence-corrected chi connectivity index (χ3v) is 2.12. The number of hydrogen-bond acceptors (Lipinski definition) is 2. The highest BCUT2D eigenvalue weighted by atomic mass is 16.4. The molecule has 0 atom stereocenters. The first-order valence-electron chi connectivity index (χ1n) is 4.78. The Morgan fingerprint density at radius 1 is 1.12 bits per heavy atom. The van der Waals surface area contributed by atoms with E-state index in [9.17, 15) is 4.79 Å². The van der Waals surface area contributed by atoms with E-state index in [1.165, 1.54) is 0 Å². The van der Waals surface area contributed by atoms with Crippen molar-refractivity contribution in [2.24, 2.45) is 0 Å². The Labute approximate surface area is 92.6 Å². The first kappa shape index (κ1) is 10.2. The molecule has 1 heterocycles. The number of nitrogens with zero attached hydrogens (tertiary/aromatic N) is 1. The van der Waals surface area contributed by atoms with Gasteiger partial charge in [-0.2, -0.15) is 0 Å². The molecule has 0 radical (unpaired) electrons. The number of hydrogen-bond donors (Lipinski definition) is 2. The number of carbonyl (C=O) groups is 1. The summed E-state index contributed by atoms with van der Waals surface area (Å²) in [5, 5.41) is 11.0. The molecule has 0 saturated heterocycles. The molecule has 1 aromatic heterocycles. The van der Waals surface area contributed by atoms with Gasteiger partial charge in [-0.25, -0.2) is 9.78 Å². The van der Waals surface area contributed by atoms with E-state index in [1.807, 2.05) is 36.4 Å². The zero-order valence-corrected chi connectivity index (χ0v) is 8.42. The molecule has 2 rings (SSSR count). The average Bonchev–Trinajstić information content (AvgIpc) is 2.30. The molecule has 0 bridgehead atoms. The van der Waals surface area contributed by atoms with Gasteiger partial charge in [-0.1, -0.05) is 30.3 Å². The van der Waals surface area contributed by atoms with Crippen LogP contribution in [0.25, 0.3) is 11.1 Å². The third-order valence-electron chi connectivity index (χ3n) is 2.12. The van der Waals surface area contributed by atoms with Crippen molar-refractivity contribution in [3.63, 3.8) is 0 Å².